The first-order valence-electron chi connectivity index (χ1n) is 6.34. The number of nitrogen functional groups attached to an aromatic ring is 1. The maximum absolute atomic E-state index is 11.8. The summed E-state index contributed by atoms with van der Waals surface area (Å²) in [6.45, 7) is 2.05. The highest BCUT2D eigenvalue weighted by Crippen LogP contribution is 2.11. The average molecular weight is 254 g/mol. The molecule has 0 saturated heterocycles. The van der Waals surface area contributed by atoms with Gasteiger partial charge in [-0.1, -0.05) is 29.8 Å². The summed E-state index contributed by atoms with van der Waals surface area (Å²) < 4.78 is 0. The Hall–Kier alpha value is -2.29. The minimum Gasteiger partial charge on any atom is -0.399 e. The van der Waals surface area contributed by atoms with Crippen LogP contribution in [-0.4, -0.2) is 5.91 Å². The van der Waals surface area contributed by atoms with Gasteiger partial charge in [-0.3, -0.25) is 4.79 Å². The van der Waals surface area contributed by atoms with Crippen molar-refractivity contribution in [1.29, 1.82) is 0 Å². The van der Waals surface area contributed by atoms with E-state index in [2.05, 4.69) is 36.5 Å². The Bertz CT molecular complexity index is 544. The van der Waals surface area contributed by atoms with Crippen LogP contribution in [0.15, 0.2) is 48.5 Å². The number of hydrogen-bond donors (Lipinski definition) is 2. The first-order valence-corrected chi connectivity index (χ1v) is 6.34. The Balaban J connectivity index is 1.84. The van der Waals surface area contributed by atoms with Crippen molar-refractivity contribution in [2.45, 2.75) is 19.8 Å². The van der Waals surface area contributed by atoms with Crippen LogP contribution in [0.25, 0.3) is 0 Å². The van der Waals surface area contributed by atoms with Gasteiger partial charge in [0.2, 0.25) is 5.91 Å². The third-order valence-corrected chi connectivity index (χ3v) is 2.96. The summed E-state index contributed by atoms with van der Waals surface area (Å²) in [4.78, 5) is 11.8. The van der Waals surface area contributed by atoms with Gasteiger partial charge in [0, 0.05) is 17.8 Å². The lowest BCUT2D eigenvalue weighted by molar-refractivity contribution is -0.116. The minimum absolute atomic E-state index is 0.0188. The van der Waals surface area contributed by atoms with E-state index in [9.17, 15) is 4.79 Å². The Kier molecular flexibility index (Phi) is 4.18. The van der Waals surface area contributed by atoms with Gasteiger partial charge < -0.3 is 11.1 Å². The van der Waals surface area contributed by atoms with E-state index < -0.39 is 0 Å². The quantitative estimate of drug-likeness (QED) is 0.823. The molecule has 0 aromatic heterocycles. The van der Waals surface area contributed by atoms with E-state index in [0.717, 1.165) is 12.1 Å². The monoisotopic (exact) mass is 254 g/mol. The number of amides is 1. The zero-order chi connectivity index (χ0) is 13.7. The predicted molar refractivity (Wildman–Crippen MR) is 79.0 cm³/mol. The molecule has 0 aliphatic carbocycles. The second kappa shape index (κ2) is 6.05. The lowest BCUT2D eigenvalue weighted by Gasteiger charge is -2.06. The first kappa shape index (κ1) is 13.1. The molecule has 3 heteroatoms. The summed E-state index contributed by atoms with van der Waals surface area (Å²) in [5, 5.41) is 2.86. The fourth-order valence-electron chi connectivity index (χ4n) is 1.80. The summed E-state index contributed by atoms with van der Waals surface area (Å²) in [5.41, 5.74) is 9.47. The number of nitrogens with two attached hydrogens (primary N) is 1. The second-order valence-electron chi connectivity index (χ2n) is 4.66. The maximum atomic E-state index is 11.8. The molecule has 0 fully saturated rings. The zero-order valence-corrected chi connectivity index (χ0v) is 11.0. The van der Waals surface area contributed by atoms with Gasteiger partial charge >= 0.3 is 0 Å². The van der Waals surface area contributed by atoms with Crippen LogP contribution in [0.5, 0.6) is 0 Å². The molecule has 0 saturated carbocycles. The predicted octanol–water partition coefficient (Wildman–Crippen LogP) is 3.15. The molecule has 1 amide bonds. The van der Waals surface area contributed by atoms with E-state index in [1.165, 1.54) is 11.1 Å². The number of carbonyl (C=O) groups is 1. The van der Waals surface area contributed by atoms with E-state index in [-0.39, 0.29) is 5.91 Å². The molecule has 3 N–H and O–H groups in total. The van der Waals surface area contributed by atoms with Crippen LogP contribution in [0.4, 0.5) is 11.4 Å². The first-order chi connectivity index (χ1) is 9.13. The summed E-state index contributed by atoms with van der Waals surface area (Å²) in [6.07, 6.45) is 1.23. The van der Waals surface area contributed by atoms with Crippen molar-refractivity contribution in [2.75, 3.05) is 11.1 Å². The molecule has 2 aromatic rings. The van der Waals surface area contributed by atoms with Gasteiger partial charge in [0.1, 0.15) is 0 Å². The highest BCUT2D eigenvalue weighted by atomic mass is 16.1. The lowest BCUT2D eigenvalue weighted by atomic mass is 10.1. The fraction of sp³-hybridized carbons (Fsp3) is 0.188. The van der Waals surface area contributed by atoms with Crippen molar-refractivity contribution in [1.82, 2.24) is 0 Å². The minimum atomic E-state index is 0.0188. The average Bonchev–Trinajstić information content (AvgIpc) is 2.41. The molecule has 0 aliphatic heterocycles. The van der Waals surface area contributed by atoms with Crippen molar-refractivity contribution in [3.8, 4) is 0 Å². The van der Waals surface area contributed by atoms with Crippen LogP contribution in [0.3, 0.4) is 0 Å². The van der Waals surface area contributed by atoms with Gasteiger partial charge in [-0.25, -0.2) is 0 Å². The Morgan fingerprint density at radius 3 is 2.32 bits per heavy atom. The van der Waals surface area contributed by atoms with Crippen molar-refractivity contribution >= 4 is 17.3 Å². The molecule has 2 rings (SSSR count). The SMILES string of the molecule is Cc1ccc(CCC(=O)Nc2ccc(N)cc2)cc1. The highest BCUT2D eigenvalue weighted by molar-refractivity contribution is 5.90. The Morgan fingerprint density at radius 2 is 1.68 bits per heavy atom. The number of anilines is 2. The molecule has 0 atom stereocenters. The van der Waals surface area contributed by atoms with E-state index in [1.807, 2.05) is 0 Å². The molecule has 19 heavy (non-hydrogen) atoms. The molecular formula is C16H18N2O. The summed E-state index contributed by atoms with van der Waals surface area (Å²) in [5.74, 6) is 0.0188. The number of aryl methyl sites for hydroxylation is 2. The summed E-state index contributed by atoms with van der Waals surface area (Å²) in [6, 6.07) is 15.4. The van der Waals surface area contributed by atoms with E-state index in [4.69, 9.17) is 5.73 Å². The lowest BCUT2D eigenvalue weighted by Crippen LogP contribution is -2.12. The van der Waals surface area contributed by atoms with Crippen LogP contribution >= 0.6 is 0 Å². The Morgan fingerprint density at radius 1 is 1.05 bits per heavy atom. The summed E-state index contributed by atoms with van der Waals surface area (Å²) >= 11 is 0. The smallest absolute Gasteiger partial charge is 0.224 e. The van der Waals surface area contributed by atoms with Gasteiger partial charge in [0.15, 0.2) is 0 Å². The third kappa shape index (κ3) is 4.14. The number of rotatable bonds is 4. The third-order valence-electron chi connectivity index (χ3n) is 2.96. The van der Waals surface area contributed by atoms with Crippen LogP contribution < -0.4 is 11.1 Å². The van der Waals surface area contributed by atoms with Crippen molar-refractivity contribution in [2.24, 2.45) is 0 Å². The van der Waals surface area contributed by atoms with Crippen LogP contribution in [0, 0.1) is 6.92 Å². The second-order valence-corrected chi connectivity index (χ2v) is 4.66. The Labute approximate surface area is 113 Å². The molecular weight excluding hydrogens is 236 g/mol. The molecule has 98 valence electrons. The number of benzene rings is 2. The number of nitrogens with one attached hydrogen (secondary N) is 1. The van der Waals surface area contributed by atoms with Crippen molar-refractivity contribution in [3.63, 3.8) is 0 Å². The molecule has 0 aliphatic rings. The van der Waals surface area contributed by atoms with Crippen molar-refractivity contribution in [3.05, 3.63) is 59.7 Å². The van der Waals surface area contributed by atoms with E-state index in [1.54, 1.807) is 24.3 Å². The van der Waals surface area contributed by atoms with Gasteiger partial charge in [-0.2, -0.15) is 0 Å². The normalized spacial score (nSPS) is 10.2. The molecule has 0 unspecified atom stereocenters. The van der Waals surface area contributed by atoms with Crippen LogP contribution in [-0.2, 0) is 11.2 Å². The molecule has 2 aromatic carbocycles. The molecule has 0 radical (unpaired) electrons. The standard InChI is InChI=1S/C16H18N2O/c1-12-2-4-13(5-3-12)6-11-16(19)18-15-9-7-14(17)8-10-15/h2-5,7-10H,6,11,17H2,1H3,(H,18,19). The van der Waals surface area contributed by atoms with Gasteiger partial charge in [-0.05, 0) is 43.2 Å². The van der Waals surface area contributed by atoms with Gasteiger partial charge in [0.05, 0.1) is 0 Å². The zero-order valence-electron chi connectivity index (χ0n) is 11.0. The van der Waals surface area contributed by atoms with Gasteiger partial charge in [-0.15, -0.1) is 0 Å². The topological polar surface area (TPSA) is 55.1 Å². The van der Waals surface area contributed by atoms with Crippen LogP contribution in [0.2, 0.25) is 0 Å². The van der Waals surface area contributed by atoms with E-state index >= 15 is 0 Å². The van der Waals surface area contributed by atoms with Gasteiger partial charge in [0.25, 0.3) is 0 Å². The molecule has 0 bridgehead atoms. The molecule has 3 nitrogen and oxygen atoms in total. The fourth-order valence-corrected chi connectivity index (χ4v) is 1.80. The highest BCUT2D eigenvalue weighted by Gasteiger charge is 2.03. The van der Waals surface area contributed by atoms with Crippen molar-refractivity contribution < 1.29 is 4.79 Å². The maximum Gasteiger partial charge on any atom is 0.224 e. The largest absolute Gasteiger partial charge is 0.399 e. The molecule has 0 heterocycles. The van der Waals surface area contributed by atoms with E-state index in [0.29, 0.717) is 12.1 Å². The molecule has 0 spiro atoms. The summed E-state index contributed by atoms with van der Waals surface area (Å²) in [7, 11) is 0. The number of carbonyl (C=O) groups excluding carboxylic acids is 1. The number of hydrogen-bond acceptors (Lipinski definition) is 2. The van der Waals surface area contributed by atoms with Crippen LogP contribution in [0.1, 0.15) is 17.5 Å².